The Morgan fingerprint density at radius 2 is 2.00 bits per heavy atom. The van der Waals surface area contributed by atoms with E-state index in [1.54, 1.807) is 0 Å². The number of hydrogen-bond donors (Lipinski definition) is 1. The molecule has 1 atom stereocenters. The van der Waals surface area contributed by atoms with E-state index in [2.05, 4.69) is 29.6 Å². The second-order valence-electron chi connectivity index (χ2n) is 4.88. The number of rotatable bonds is 6. The Morgan fingerprint density at radius 3 is 2.59 bits per heavy atom. The minimum Gasteiger partial charge on any atom is -0.376 e. The maximum atomic E-state index is 6.06. The van der Waals surface area contributed by atoms with E-state index in [9.17, 15) is 0 Å². The molecular weight excluding hydrogens is 214 g/mol. The Bertz CT molecular complexity index is 346. The molecule has 1 aromatic rings. The van der Waals surface area contributed by atoms with E-state index >= 15 is 0 Å². The van der Waals surface area contributed by atoms with Gasteiger partial charge < -0.3 is 14.8 Å². The highest BCUT2D eigenvalue weighted by Gasteiger charge is 2.27. The molecular formula is C14H19NO2. The highest BCUT2D eigenvalue weighted by molar-refractivity contribution is 5.18. The van der Waals surface area contributed by atoms with Gasteiger partial charge in [-0.2, -0.15) is 0 Å². The van der Waals surface area contributed by atoms with E-state index in [-0.39, 0.29) is 12.2 Å². The van der Waals surface area contributed by atoms with Crippen molar-refractivity contribution in [2.45, 2.75) is 31.1 Å². The molecule has 1 aliphatic heterocycles. The smallest absolute Gasteiger partial charge is 0.105 e. The van der Waals surface area contributed by atoms with Crippen molar-refractivity contribution >= 4 is 0 Å². The quantitative estimate of drug-likeness (QED) is 0.814. The molecule has 3 nitrogen and oxygen atoms in total. The summed E-state index contributed by atoms with van der Waals surface area (Å²) in [6.45, 7) is 2.39. The summed E-state index contributed by atoms with van der Waals surface area (Å²) >= 11 is 0. The van der Waals surface area contributed by atoms with Crippen LogP contribution in [0.1, 0.15) is 24.5 Å². The molecule has 2 fully saturated rings. The average molecular weight is 233 g/mol. The highest BCUT2D eigenvalue weighted by Crippen LogP contribution is 2.24. The Kier molecular flexibility index (Phi) is 3.41. The maximum absolute atomic E-state index is 6.06. The molecule has 1 N–H and O–H groups in total. The van der Waals surface area contributed by atoms with Crippen molar-refractivity contribution in [1.82, 2.24) is 5.32 Å². The SMILES string of the molecule is c1ccc(C(CNC2CC2)OC2COC2)cc1. The van der Waals surface area contributed by atoms with Crippen LogP contribution in [0.15, 0.2) is 30.3 Å². The van der Waals surface area contributed by atoms with Gasteiger partial charge in [-0.05, 0) is 18.4 Å². The molecule has 0 spiro atoms. The van der Waals surface area contributed by atoms with Gasteiger partial charge in [0, 0.05) is 12.6 Å². The zero-order chi connectivity index (χ0) is 11.5. The van der Waals surface area contributed by atoms with Gasteiger partial charge in [-0.3, -0.25) is 0 Å². The lowest BCUT2D eigenvalue weighted by atomic mass is 10.1. The van der Waals surface area contributed by atoms with Crippen molar-refractivity contribution in [2.75, 3.05) is 19.8 Å². The molecule has 1 aromatic carbocycles. The van der Waals surface area contributed by atoms with Gasteiger partial charge in [-0.1, -0.05) is 30.3 Å². The van der Waals surface area contributed by atoms with Crippen LogP contribution in [-0.2, 0) is 9.47 Å². The largest absolute Gasteiger partial charge is 0.376 e. The van der Waals surface area contributed by atoms with Crippen LogP contribution in [0, 0.1) is 0 Å². The lowest BCUT2D eigenvalue weighted by Gasteiger charge is -2.31. The molecule has 3 rings (SSSR count). The fourth-order valence-corrected chi connectivity index (χ4v) is 2.00. The molecule has 92 valence electrons. The number of hydrogen-bond acceptors (Lipinski definition) is 3. The van der Waals surface area contributed by atoms with Crippen LogP contribution < -0.4 is 5.32 Å². The van der Waals surface area contributed by atoms with Crippen LogP contribution in [0.25, 0.3) is 0 Å². The van der Waals surface area contributed by atoms with Gasteiger partial charge in [0.05, 0.1) is 19.3 Å². The standard InChI is InChI=1S/C14H19NO2/c1-2-4-11(5-3-1)14(8-15-12-6-7-12)17-13-9-16-10-13/h1-5,12-15H,6-10H2. The van der Waals surface area contributed by atoms with Crippen molar-refractivity contribution in [2.24, 2.45) is 0 Å². The minimum absolute atomic E-state index is 0.158. The summed E-state index contributed by atoms with van der Waals surface area (Å²) in [5, 5.41) is 3.54. The first-order chi connectivity index (χ1) is 8.42. The third-order valence-corrected chi connectivity index (χ3v) is 3.30. The van der Waals surface area contributed by atoms with Gasteiger partial charge in [0.25, 0.3) is 0 Å². The first kappa shape index (κ1) is 11.2. The molecule has 0 aromatic heterocycles. The minimum atomic E-state index is 0.158. The van der Waals surface area contributed by atoms with Crippen molar-refractivity contribution in [1.29, 1.82) is 0 Å². The van der Waals surface area contributed by atoms with Gasteiger partial charge >= 0.3 is 0 Å². The van der Waals surface area contributed by atoms with Crippen LogP contribution in [0.5, 0.6) is 0 Å². The van der Waals surface area contributed by atoms with E-state index in [1.165, 1.54) is 18.4 Å². The molecule has 17 heavy (non-hydrogen) atoms. The van der Waals surface area contributed by atoms with Crippen LogP contribution in [0.2, 0.25) is 0 Å². The number of benzene rings is 1. The summed E-state index contributed by atoms with van der Waals surface area (Å²) in [5.74, 6) is 0. The number of ether oxygens (including phenoxy) is 2. The van der Waals surface area contributed by atoms with E-state index in [1.807, 2.05) is 6.07 Å². The van der Waals surface area contributed by atoms with Crippen LogP contribution in [0.3, 0.4) is 0 Å². The van der Waals surface area contributed by atoms with Crippen molar-refractivity contribution in [3.05, 3.63) is 35.9 Å². The molecule has 1 unspecified atom stereocenters. The summed E-state index contributed by atoms with van der Waals surface area (Å²) in [5.41, 5.74) is 1.26. The maximum Gasteiger partial charge on any atom is 0.105 e. The fraction of sp³-hybridized carbons (Fsp3) is 0.571. The fourth-order valence-electron chi connectivity index (χ4n) is 2.00. The summed E-state index contributed by atoms with van der Waals surface area (Å²) in [6.07, 6.45) is 3.06. The van der Waals surface area contributed by atoms with E-state index < -0.39 is 0 Å². The van der Waals surface area contributed by atoms with Crippen LogP contribution >= 0.6 is 0 Å². The molecule has 1 saturated carbocycles. The Morgan fingerprint density at radius 1 is 1.24 bits per heavy atom. The predicted octanol–water partition coefficient (Wildman–Crippen LogP) is 1.90. The van der Waals surface area contributed by atoms with Gasteiger partial charge in [-0.25, -0.2) is 0 Å². The summed E-state index contributed by atoms with van der Waals surface area (Å²) in [7, 11) is 0. The molecule has 1 heterocycles. The monoisotopic (exact) mass is 233 g/mol. The second-order valence-corrected chi connectivity index (χ2v) is 4.88. The molecule has 1 saturated heterocycles. The van der Waals surface area contributed by atoms with Gasteiger partial charge in [0.15, 0.2) is 0 Å². The van der Waals surface area contributed by atoms with Crippen molar-refractivity contribution in [3.63, 3.8) is 0 Å². The van der Waals surface area contributed by atoms with E-state index in [4.69, 9.17) is 9.47 Å². The molecule has 2 aliphatic rings. The zero-order valence-corrected chi connectivity index (χ0v) is 9.97. The summed E-state index contributed by atoms with van der Waals surface area (Å²) in [4.78, 5) is 0. The molecule has 3 heteroatoms. The van der Waals surface area contributed by atoms with Crippen LogP contribution in [-0.4, -0.2) is 31.9 Å². The molecule has 0 radical (unpaired) electrons. The average Bonchev–Trinajstić information content (AvgIpc) is 3.12. The lowest BCUT2D eigenvalue weighted by molar-refractivity contribution is -0.155. The van der Waals surface area contributed by atoms with Crippen molar-refractivity contribution in [3.8, 4) is 0 Å². The molecule has 0 amide bonds. The van der Waals surface area contributed by atoms with Gasteiger partial charge in [0.2, 0.25) is 0 Å². The Hall–Kier alpha value is -0.900. The van der Waals surface area contributed by atoms with Gasteiger partial charge in [-0.15, -0.1) is 0 Å². The number of nitrogens with one attached hydrogen (secondary N) is 1. The Balaban J connectivity index is 1.61. The summed E-state index contributed by atoms with van der Waals surface area (Å²) in [6, 6.07) is 11.2. The second kappa shape index (κ2) is 5.17. The normalized spacial score (nSPS) is 22.1. The Labute approximate surface area is 102 Å². The molecule has 0 bridgehead atoms. The van der Waals surface area contributed by atoms with Crippen molar-refractivity contribution < 1.29 is 9.47 Å². The predicted molar refractivity (Wildman–Crippen MR) is 65.9 cm³/mol. The summed E-state index contributed by atoms with van der Waals surface area (Å²) < 4.78 is 11.2. The first-order valence-electron chi connectivity index (χ1n) is 6.43. The first-order valence-corrected chi connectivity index (χ1v) is 6.43. The van der Waals surface area contributed by atoms with E-state index in [0.717, 1.165) is 25.8 Å². The zero-order valence-electron chi connectivity index (χ0n) is 9.97. The molecule has 1 aliphatic carbocycles. The third-order valence-electron chi connectivity index (χ3n) is 3.30. The van der Waals surface area contributed by atoms with E-state index in [0.29, 0.717) is 0 Å². The lowest BCUT2D eigenvalue weighted by Crippen LogP contribution is -2.39. The van der Waals surface area contributed by atoms with Gasteiger partial charge in [0.1, 0.15) is 6.10 Å². The van der Waals surface area contributed by atoms with Crippen LogP contribution in [0.4, 0.5) is 0 Å². The highest BCUT2D eigenvalue weighted by atomic mass is 16.6. The topological polar surface area (TPSA) is 30.5 Å². The third kappa shape index (κ3) is 3.06.